The molecule has 0 aliphatic carbocycles. The molecule has 2 fully saturated rings. The Balaban J connectivity index is 1.33. The van der Waals surface area contributed by atoms with Gasteiger partial charge in [-0.25, -0.2) is 23.4 Å². The largest absolute Gasteiger partial charge is 0.382 e. The maximum atomic E-state index is 13.1. The zero-order valence-electron chi connectivity index (χ0n) is 20.3. The summed E-state index contributed by atoms with van der Waals surface area (Å²) in [6.07, 6.45) is 13.9. The molecular formula is C23H23N11O3S. The lowest BCUT2D eigenvalue weighted by Crippen LogP contribution is -2.46. The summed E-state index contributed by atoms with van der Waals surface area (Å²) in [6.45, 7) is 0. The number of sulfone groups is 1. The van der Waals surface area contributed by atoms with Crippen molar-refractivity contribution in [1.82, 2.24) is 49.0 Å². The molecule has 38 heavy (non-hydrogen) atoms. The number of carbonyl (C=O) groups excluding carboxylic acids is 1. The Labute approximate surface area is 215 Å². The monoisotopic (exact) mass is 533 g/mol. The highest BCUT2D eigenvalue weighted by Gasteiger charge is 2.46. The van der Waals surface area contributed by atoms with E-state index >= 15 is 0 Å². The fourth-order valence-electron chi connectivity index (χ4n) is 6.00. The van der Waals surface area contributed by atoms with Crippen molar-refractivity contribution in [2.24, 2.45) is 0 Å². The van der Waals surface area contributed by atoms with Crippen molar-refractivity contribution in [2.45, 2.75) is 48.6 Å². The molecule has 14 nitrogen and oxygen atoms in total. The molecule has 0 unspecified atom stereocenters. The van der Waals surface area contributed by atoms with Gasteiger partial charge in [-0.2, -0.15) is 9.61 Å². The first-order valence-electron chi connectivity index (χ1n) is 12.1. The number of piperidine rings is 1. The molecule has 2 saturated heterocycles. The fraction of sp³-hybridized carbons (Fsp3) is 0.348. The lowest BCUT2D eigenvalue weighted by molar-refractivity contribution is 0.0556. The van der Waals surface area contributed by atoms with E-state index in [0.29, 0.717) is 35.5 Å². The van der Waals surface area contributed by atoms with Crippen LogP contribution in [0.1, 0.15) is 47.9 Å². The fourth-order valence-corrected chi connectivity index (χ4v) is 7.06. The second kappa shape index (κ2) is 8.05. The summed E-state index contributed by atoms with van der Waals surface area (Å²) < 4.78 is 29.1. The molecule has 2 bridgehead atoms. The molecule has 15 heteroatoms. The molecule has 0 radical (unpaired) electrons. The summed E-state index contributed by atoms with van der Waals surface area (Å²) in [6, 6.07) is -0.138. The number of nitrogen functional groups attached to an aromatic ring is 1. The summed E-state index contributed by atoms with van der Waals surface area (Å²) in [5.41, 5.74) is 8.74. The number of aromatic amines is 1. The van der Waals surface area contributed by atoms with E-state index in [0.717, 1.165) is 24.7 Å². The molecule has 0 saturated carbocycles. The number of nitrogens with two attached hydrogens (primary N) is 1. The van der Waals surface area contributed by atoms with E-state index in [1.807, 2.05) is 11.1 Å². The van der Waals surface area contributed by atoms with E-state index in [1.54, 1.807) is 29.2 Å². The number of carbonyl (C=O) groups is 1. The smallest absolute Gasteiger partial charge is 0.292 e. The molecular weight excluding hydrogens is 510 g/mol. The average Bonchev–Trinajstić information content (AvgIpc) is 3.68. The van der Waals surface area contributed by atoms with Crippen molar-refractivity contribution in [1.29, 1.82) is 0 Å². The van der Waals surface area contributed by atoms with Gasteiger partial charge in [0.1, 0.15) is 17.0 Å². The van der Waals surface area contributed by atoms with E-state index in [9.17, 15) is 13.2 Å². The number of nitrogens with one attached hydrogen (secondary N) is 1. The number of anilines is 1. The Morgan fingerprint density at radius 1 is 1.16 bits per heavy atom. The van der Waals surface area contributed by atoms with Crippen LogP contribution in [0.2, 0.25) is 0 Å². The van der Waals surface area contributed by atoms with E-state index in [2.05, 4.69) is 30.2 Å². The number of imidazole rings is 1. The number of amides is 1. The zero-order valence-corrected chi connectivity index (χ0v) is 21.1. The lowest BCUT2D eigenvalue weighted by Gasteiger charge is -2.38. The number of fused-ring (bicyclic) bond motifs is 4. The van der Waals surface area contributed by atoms with Gasteiger partial charge in [-0.3, -0.25) is 9.20 Å². The number of H-pyrrole nitrogens is 1. The van der Waals surface area contributed by atoms with Crippen LogP contribution in [0.25, 0.3) is 22.6 Å². The summed E-state index contributed by atoms with van der Waals surface area (Å²) in [4.78, 5) is 31.2. The predicted octanol–water partition coefficient (Wildman–Crippen LogP) is 1.09. The third kappa shape index (κ3) is 3.38. The molecule has 1 amide bonds. The number of aromatic nitrogens is 9. The van der Waals surface area contributed by atoms with Crippen molar-refractivity contribution in [3.63, 3.8) is 0 Å². The van der Waals surface area contributed by atoms with Crippen molar-refractivity contribution in [3.05, 3.63) is 48.8 Å². The minimum Gasteiger partial charge on any atom is -0.382 e. The quantitative estimate of drug-likeness (QED) is 0.339. The lowest BCUT2D eigenvalue weighted by atomic mass is 9.87. The highest BCUT2D eigenvalue weighted by atomic mass is 32.2. The van der Waals surface area contributed by atoms with Crippen LogP contribution >= 0.6 is 0 Å². The normalized spacial score (nSPS) is 21.5. The van der Waals surface area contributed by atoms with Crippen LogP contribution in [0.3, 0.4) is 0 Å². The van der Waals surface area contributed by atoms with Crippen LogP contribution in [0, 0.1) is 0 Å². The minimum atomic E-state index is -3.74. The summed E-state index contributed by atoms with van der Waals surface area (Å²) in [5, 5.41) is 12.0. The zero-order chi connectivity index (χ0) is 26.2. The molecule has 7 rings (SSSR count). The van der Waals surface area contributed by atoms with Crippen LogP contribution in [0.5, 0.6) is 0 Å². The van der Waals surface area contributed by atoms with Crippen molar-refractivity contribution < 1.29 is 13.2 Å². The molecule has 2 aliphatic heterocycles. The average molecular weight is 534 g/mol. The van der Waals surface area contributed by atoms with E-state index < -0.39 is 9.84 Å². The van der Waals surface area contributed by atoms with Gasteiger partial charge in [-0.05, 0) is 25.7 Å². The van der Waals surface area contributed by atoms with Gasteiger partial charge in [0.05, 0.1) is 11.9 Å². The molecule has 0 aromatic carbocycles. The first kappa shape index (κ1) is 22.8. The van der Waals surface area contributed by atoms with Crippen molar-refractivity contribution in [3.8, 4) is 11.1 Å². The van der Waals surface area contributed by atoms with E-state index in [4.69, 9.17) is 10.7 Å². The Bertz CT molecular complexity index is 1810. The Hall–Kier alpha value is -4.40. The van der Waals surface area contributed by atoms with Crippen LogP contribution in [-0.4, -0.2) is 81.7 Å². The highest BCUT2D eigenvalue weighted by molar-refractivity contribution is 7.91. The predicted molar refractivity (Wildman–Crippen MR) is 134 cm³/mol. The van der Waals surface area contributed by atoms with Crippen molar-refractivity contribution in [2.75, 3.05) is 12.0 Å². The van der Waals surface area contributed by atoms with Gasteiger partial charge in [0, 0.05) is 60.2 Å². The first-order valence-corrected chi connectivity index (χ1v) is 14.0. The maximum Gasteiger partial charge on any atom is 0.292 e. The molecule has 5 aromatic heterocycles. The molecule has 0 spiro atoms. The van der Waals surface area contributed by atoms with Gasteiger partial charge >= 0.3 is 0 Å². The van der Waals surface area contributed by atoms with Gasteiger partial charge in [0.25, 0.3) is 5.91 Å². The van der Waals surface area contributed by atoms with Crippen LogP contribution in [0.15, 0.2) is 42.2 Å². The van der Waals surface area contributed by atoms with Gasteiger partial charge < -0.3 is 15.6 Å². The van der Waals surface area contributed by atoms with E-state index in [-0.39, 0.29) is 40.4 Å². The number of nitrogens with zero attached hydrogens (tertiary/aromatic N) is 9. The van der Waals surface area contributed by atoms with Gasteiger partial charge in [0.2, 0.25) is 11.6 Å². The van der Waals surface area contributed by atoms with Crippen LogP contribution < -0.4 is 5.73 Å². The second-order valence-corrected chi connectivity index (χ2v) is 11.8. The Morgan fingerprint density at radius 2 is 1.95 bits per heavy atom. The molecule has 3 atom stereocenters. The minimum absolute atomic E-state index is 0.0118. The van der Waals surface area contributed by atoms with Crippen molar-refractivity contribution >= 4 is 33.0 Å². The third-order valence-electron chi connectivity index (χ3n) is 7.56. The number of hydrogen-bond donors (Lipinski definition) is 2. The molecule has 3 N–H and O–H groups in total. The van der Waals surface area contributed by atoms with Crippen LogP contribution in [-0.2, 0) is 9.84 Å². The van der Waals surface area contributed by atoms with Gasteiger partial charge in [-0.1, -0.05) is 0 Å². The van der Waals surface area contributed by atoms with Gasteiger partial charge in [0.15, 0.2) is 15.5 Å². The first-order chi connectivity index (χ1) is 18.3. The molecule has 7 heterocycles. The number of rotatable bonds is 4. The standard InChI is InChI=1S/C23H23N11O3S/c1-38(36,37)18-17(12-6-14-2-3-15(7-12)33(14)22(35)20-27-11-28-31-20)30-21-16(9-29-34(21)19(18)24)13-8-26-23-25-4-5-32(23)10-13/h4-5,8-12,14-15H,2-3,6-7,24H2,1H3,(H,27,28,31)/t12-,14-,15+. The highest BCUT2D eigenvalue weighted by Crippen LogP contribution is 2.45. The summed E-state index contributed by atoms with van der Waals surface area (Å²) in [7, 11) is -3.74. The summed E-state index contributed by atoms with van der Waals surface area (Å²) in [5.74, 6) is 0.372. The SMILES string of the molecule is CS(=O)(=O)c1c([C@@H]2C[C@H]3CC[C@@H](C2)N3C(=O)c2nnc[nH]2)nc2c(-c3cnc4nccn4c3)cnn2c1N. The summed E-state index contributed by atoms with van der Waals surface area (Å²) >= 11 is 0. The molecule has 2 aliphatic rings. The topological polar surface area (TPSA) is 182 Å². The Kier molecular flexibility index (Phi) is 4.82. The molecule has 194 valence electrons. The Morgan fingerprint density at radius 3 is 2.66 bits per heavy atom. The third-order valence-corrected chi connectivity index (χ3v) is 8.72. The van der Waals surface area contributed by atoms with E-state index in [1.165, 1.54) is 10.8 Å². The second-order valence-electron chi connectivity index (χ2n) is 9.86. The van der Waals surface area contributed by atoms with Crippen LogP contribution in [0.4, 0.5) is 5.82 Å². The van der Waals surface area contributed by atoms with Gasteiger partial charge in [-0.15, -0.1) is 10.2 Å². The number of hydrogen-bond acceptors (Lipinski definition) is 10. The molecule has 5 aromatic rings. The maximum absolute atomic E-state index is 13.1.